The second-order valence-corrected chi connectivity index (χ2v) is 6.48. The van der Waals surface area contributed by atoms with Gasteiger partial charge < -0.3 is 5.32 Å². The maximum absolute atomic E-state index is 12.8. The molecule has 0 atom stereocenters. The van der Waals surface area contributed by atoms with Gasteiger partial charge in [0.25, 0.3) is 5.91 Å². The quantitative estimate of drug-likeness (QED) is 0.603. The number of anilines is 1. The lowest BCUT2D eigenvalue weighted by molar-refractivity contribution is 0.102. The van der Waals surface area contributed by atoms with E-state index in [-0.39, 0.29) is 5.91 Å². The zero-order valence-corrected chi connectivity index (χ0v) is 15.3. The van der Waals surface area contributed by atoms with Crippen molar-refractivity contribution in [2.45, 2.75) is 27.3 Å². The van der Waals surface area contributed by atoms with E-state index in [0.29, 0.717) is 29.1 Å². The third-order valence-corrected chi connectivity index (χ3v) is 4.32. The van der Waals surface area contributed by atoms with Crippen LogP contribution in [0.3, 0.4) is 0 Å². The van der Waals surface area contributed by atoms with Gasteiger partial charge in [0.2, 0.25) is 0 Å². The molecular weight excluding hydrogens is 342 g/mol. The number of fused-ring (bicyclic) bond motifs is 1. The van der Waals surface area contributed by atoms with Gasteiger partial charge in [0, 0.05) is 17.1 Å². The van der Waals surface area contributed by atoms with Crippen molar-refractivity contribution in [3.05, 3.63) is 71.2 Å². The Hall–Kier alpha value is -3.55. The van der Waals surface area contributed by atoms with Crippen LogP contribution in [0.25, 0.3) is 5.65 Å². The molecule has 0 aliphatic carbocycles. The van der Waals surface area contributed by atoms with Crippen LogP contribution in [0.2, 0.25) is 0 Å². The van der Waals surface area contributed by atoms with Crippen LogP contribution >= 0.6 is 0 Å². The number of hydrogen-bond donors (Lipinski definition) is 1. The number of aromatic nitrogens is 6. The summed E-state index contributed by atoms with van der Waals surface area (Å²) in [5, 5.41) is 11.5. The Balaban J connectivity index is 1.57. The molecule has 136 valence electrons. The SMILES string of the molecule is Cc1cc(C)n2nc(C)c(C(=O)Nc3ccc(Cn4cncn4)cc3)c2n1. The first-order valence-corrected chi connectivity index (χ1v) is 8.57. The van der Waals surface area contributed by atoms with Gasteiger partial charge >= 0.3 is 0 Å². The smallest absolute Gasteiger partial charge is 0.261 e. The molecular formula is C19H19N7O. The predicted octanol–water partition coefficient (Wildman–Crippen LogP) is 2.55. The molecule has 0 aliphatic heterocycles. The average Bonchev–Trinajstić information content (AvgIpc) is 3.24. The number of amides is 1. The molecule has 0 unspecified atom stereocenters. The zero-order valence-electron chi connectivity index (χ0n) is 15.3. The lowest BCUT2D eigenvalue weighted by Gasteiger charge is -2.07. The van der Waals surface area contributed by atoms with E-state index in [2.05, 4.69) is 25.5 Å². The number of carbonyl (C=O) groups excluding carboxylic acids is 1. The number of hydrogen-bond acceptors (Lipinski definition) is 5. The van der Waals surface area contributed by atoms with Crippen molar-refractivity contribution in [2.75, 3.05) is 5.32 Å². The zero-order chi connectivity index (χ0) is 19.0. The van der Waals surface area contributed by atoms with Crippen molar-refractivity contribution in [2.24, 2.45) is 0 Å². The summed E-state index contributed by atoms with van der Waals surface area (Å²) < 4.78 is 3.45. The molecule has 3 aromatic heterocycles. The third-order valence-electron chi connectivity index (χ3n) is 4.32. The Morgan fingerprint density at radius 1 is 1.15 bits per heavy atom. The number of rotatable bonds is 4. The summed E-state index contributed by atoms with van der Waals surface area (Å²) in [5.74, 6) is -0.218. The summed E-state index contributed by atoms with van der Waals surface area (Å²) in [4.78, 5) is 21.3. The molecule has 4 rings (SSSR count). The molecule has 1 N–H and O–H groups in total. The first kappa shape index (κ1) is 16.9. The van der Waals surface area contributed by atoms with E-state index in [1.54, 1.807) is 15.5 Å². The van der Waals surface area contributed by atoms with Crippen LogP contribution in [0.4, 0.5) is 5.69 Å². The van der Waals surface area contributed by atoms with Gasteiger partial charge in [0.05, 0.1) is 12.2 Å². The van der Waals surface area contributed by atoms with E-state index in [4.69, 9.17) is 0 Å². The minimum Gasteiger partial charge on any atom is -0.322 e. The highest BCUT2D eigenvalue weighted by atomic mass is 16.1. The Morgan fingerprint density at radius 2 is 1.93 bits per heavy atom. The van der Waals surface area contributed by atoms with Crippen LogP contribution in [0.5, 0.6) is 0 Å². The Kier molecular flexibility index (Phi) is 4.15. The topological polar surface area (TPSA) is 90.0 Å². The highest BCUT2D eigenvalue weighted by Gasteiger charge is 2.19. The number of aryl methyl sites for hydroxylation is 3. The molecule has 0 fully saturated rings. The van der Waals surface area contributed by atoms with Crippen molar-refractivity contribution >= 4 is 17.2 Å². The van der Waals surface area contributed by atoms with Crippen LogP contribution in [-0.2, 0) is 6.54 Å². The molecule has 1 aromatic carbocycles. The molecule has 8 nitrogen and oxygen atoms in total. The molecule has 0 saturated heterocycles. The second-order valence-electron chi connectivity index (χ2n) is 6.48. The fourth-order valence-electron chi connectivity index (χ4n) is 3.08. The van der Waals surface area contributed by atoms with Crippen molar-refractivity contribution in [3.8, 4) is 0 Å². The normalized spacial score (nSPS) is 11.1. The lowest BCUT2D eigenvalue weighted by Crippen LogP contribution is -2.13. The molecule has 3 heterocycles. The summed E-state index contributed by atoms with van der Waals surface area (Å²) in [6.45, 7) is 6.30. The standard InChI is InChI=1S/C19H19N7O/c1-12-8-13(2)26-18(22-12)17(14(3)24-26)19(27)23-16-6-4-15(5-7-16)9-25-11-20-10-21-25/h4-8,10-11H,9H2,1-3H3,(H,23,27). The lowest BCUT2D eigenvalue weighted by atomic mass is 10.2. The monoisotopic (exact) mass is 361 g/mol. The van der Waals surface area contributed by atoms with Crippen LogP contribution < -0.4 is 5.32 Å². The molecule has 27 heavy (non-hydrogen) atoms. The average molecular weight is 361 g/mol. The Bertz CT molecular complexity index is 1110. The highest BCUT2D eigenvalue weighted by molar-refractivity contribution is 6.09. The van der Waals surface area contributed by atoms with Crippen LogP contribution in [-0.4, -0.2) is 35.3 Å². The molecule has 0 spiro atoms. The minimum absolute atomic E-state index is 0.218. The molecule has 0 bridgehead atoms. The van der Waals surface area contributed by atoms with E-state index in [9.17, 15) is 4.79 Å². The van der Waals surface area contributed by atoms with Crippen molar-refractivity contribution in [1.82, 2.24) is 29.4 Å². The van der Waals surface area contributed by atoms with Crippen LogP contribution in [0.1, 0.15) is 33.0 Å². The highest BCUT2D eigenvalue weighted by Crippen LogP contribution is 2.19. The summed E-state index contributed by atoms with van der Waals surface area (Å²) in [6, 6.07) is 9.58. The third kappa shape index (κ3) is 3.29. The summed E-state index contributed by atoms with van der Waals surface area (Å²) in [6.07, 6.45) is 3.17. The van der Waals surface area contributed by atoms with Crippen LogP contribution in [0, 0.1) is 20.8 Å². The predicted molar refractivity (Wildman–Crippen MR) is 101 cm³/mol. The largest absolute Gasteiger partial charge is 0.322 e. The van der Waals surface area contributed by atoms with E-state index < -0.39 is 0 Å². The summed E-state index contributed by atoms with van der Waals surface area (Å²) >= 11 is 0. The molecule has 8 heteroatoms. The van der Waals surface area contributed by atoms with Gasteiger partial charge in [-0.25, -0.2) is 19.2 Å². The van der Waals surface area contributed by atoms with Gasteiger partial charge in [-0.3, -0.25) is 4.79 Å². The minimum atomic E-state index is -0.218. The Labute approximate surface area is 155 Å². The fourth-order valence-corrected chi connectivity index (χ4v) is 3.08. The molecule has 0 radical (unpaired) electrons. The van der Waals surface area contributed by atoms with E-state index in [0.717, 1.165) is 17.0 Å². The van der Waals surface area contributed by atoms with Crippen LogP contribution in [0.15, 0.2) is 43.0 Å². The molecule has 0 saturated carbocycles. The fraction of sp³-hybridized carbons (Fsp3) is 0.211. The van der Waals surface area contributed by atoms with E-state index in [1.165, 1.54) is 6.33 Å². The number of nitrogens with zero attached hydrogens (tertiary/aromatic N) is 6. The molecule has 1 amide bonds. The van der Waals surface area contributed by atoms with Gasteiger partial charge in [-0.05, 0) is 44.5 Å². The summed E-state index contributed by atoms with van der Waals surface area (Å²) in [5.41, 5.74) is 5.29. The van der Waals surface area contributed by atoms with Crippen molar-refractivity contribution < 1.29 is 4.79 Å². The maximum atomic E-state index is 12.8. The van der Waals surface area contributed by atoms with Gasteiger partial charge in [-0.1, -0.05) is 12.1 Å². The second kappa shape index (κ2) is 6.64. The van der Waals surface area contributed by atoms with Gasteiger partial charge in [-0.15, -0.1) is 0 Å². The first-order valence-electron chi connectivity index (χ1n) is 8.57. The van der Waals surface area contributed by atoms with Crippen molar-refractivity contribution in [1.29, 1.82) is 0 Å². The van der Waals surface area contributed by atoms with E-state index >= 15 is 0 Å². The summed E-state index contributed by atoms with van der Waals surface area (Å²) in [7, 11) is 0. The first-order chi connectivity index (χ1) is 13.0. The van der Waals surface area contributed by atoms with Crippen molar-refractivity contribution in [3.63, 3.8) is 0 Å². The molecule has 4 aromatic rings. The van der Waals surface area contributed by atoms with Gasteiger partial charge in [0.15, 0.2) is 5.65 Å². The van der Waals surface area contributed by atoms with Gasteiger partial charge in [-0.2, -0.15) is 10.2 Å². The number of carbonyl (C=O) groups is 1. The number of benzene rings is 1. The number of nitrogens with one attached hydrogen (secondary N) is 1. The van der Waals surface area contributed by atoms with Gasteiger partial charge in [0.1, 0.15) is 18.2 Å². The van der Waals surface area contributed by atoms with E-state index in [1.807, 2.05) is 51.1 Å². The molecule has 0 aliphatic rings. The maximum Gasteiger partial charge on any atom is 0.261 e. The Morgan fingerprint density at radius 3 is 2.63 bits per heavy atom.